The van der Waals surface area contributed by atoms with E-state index in [4.69, 9.17) is 49.0 Å². The average Bonchev–Trinajstić information content (AvgIpc) is 2.95. The smallest absolute Gasteiger partial charge is 0.435 e. The summed E-state index contributed by atoms with van der Waals surface area (Å²) in [5, 5.41) is 0. The minimum Gasteiger partial charge on any atom is -0.435 e. The summed E-state index contributed by atoms with van der Waals surface area (Å²) >= 11 is 17.6. The Hall–Kier alpha value is -1.83. The van der Waals surface area contributed by atoms with E-state index in [1.807, 2.05) is 0 Å². The second-order valence-corrected chi connectivity index (χ2v) is 7.84. The van der Waals surface area contributed by atoms with Crippen LogP contribution in [0.5, 0.6) is 17.2 Å². The highest BCUT2D eigenvalue weighted by Crippen LogP contribution is 2.50. The Balaban J connectivity index is 2.04. The predicted molar refractivity (Wildman–Crippen MR) is 96.0 cm³/mol. The van der Waals surface area contributed by atoms with Crippen LogP contribution in [0.4, 0.5) is 13.2 Å². The second-order valence-electron chi connectivity index (χ2n) is 5.56. The van der Waals surface area contributed by atoms with Gasteiger partial charge < -0.3 is 14.2 Å². The Morgan fingerprint density at radius 1 is 0.963 bits per heavy atom. The van der Waals surface area contributed by atoms with Crippen molar-refractivity contribution in [3.63, 3.8) is 0 Å². The van der Waals surface area contributed by atoms with E-state index in [0.29, 0.717) is 0 Å². The number of benzene rings is 2. The van der Waals surface area contributed by atoms with E-state index in [-0.39, 0.29) is 17.2 Å². The standard InChI is InChI=1S/C17H11Cl3F3NO3/c1-10-6-8-11(9-7-10)25-14(15(21,22)23)24-17(16(18,19)20)26-12-4-2-3-5-13(12)27-17/h2-9H,1H3. The number of rotatable bonds is 2. The molecule has 144 valence electrons. The summed E-state index contributed by atoms with van der Waals surface area (Å²) < 4.78 is 53.7. The molecular formula is C17H11Cl3F3NO3. The Morgan fingerprint density at radius 2 is 1.48 bits per heavy atom. The number of alkyl halides is 6. The summed E-state index contributed by atoms with van der Waals surface area (Å²) in [6.07, 6.45) is -5.00. The number of nitrogens with zero attached hydrogens (tertiary/aromatic N) is 1. The molecule has 0 fully saturated rings. The molecule has 1 aliphatic heterocycles. The molecule has 0 spiro atoms. The van der Waals surface area contributed by atoms with Gasteiger partial charge in [-0.15, -0.1) is 0 Å². The number of hydrogen-bond donors (Lipinski definition) is 0. The maximum Gasteiger partial charge on any atom is 0.468 e. The number of para-hydroxylation sites is 2. The molecule has 0 saturated carbocycles. The molecular weight excluding hydrogens is 430 g/mol. The van der Waals surface area contributed by atoms with E-state index < -0.39 is 21.8 Å². The van der Waals surface area contributed by atoms with Crippen molar-refractivity contribution in [3.8, 4) is 17.2 Å². The Labute approximate surface area is 167 Å². The molecule has 0 amide bonds. The quantitative estimate of drug-likeness (QED) is 0.335. The number of ether oxygens (including phenoxy) is 3. The largest absolute Gasteiger partial charge is 0.468 e. The van der Waals surface area contributed by atoms with Gasteiger partial charge in [-0.3, -0.25) is 0 Å². The van der Waals surface area contributed by atoms with Crippen molar-refractivity contribution in [3.05, 3.63) is 54.1 Å². The normalized spacial score (nSPS) is 16.3. The molecule has 0 aliphatic carbocycles. The maximum absolute atomic E-state index is 13.5. The van der Waals surface area contributed by atoms with Crippen molar-refractivity contribution in [2.24, 2.45) is 4.99 Å². The molecule has 27 heavy (non-hydrogen) atoms. The van der Waals surface area contributed by atoms with E-state index in [1.54, 1.807) is 31.2 Å². The van der Waals surface area contributed by atoms with E-state index in [0.717, 1.165) is 5.56 Å². The number of aliphatic imine (C=N–C) groups is 1. The van der Waals surface area contributed by atoms with Crippen LogP contribution in [0.3, 0.4) is 0 Å². The molecule has 1 heterocycles. The lowest BCUT2D eigenvalue weighted by Crippen LogP contribution is -2.51. The van der Waals surface area contributed by atoms with Gasteiger partial charge in [0.1, 0.15) is 5.75 Å². The molecule has 2 aromatic carbocycles. The van der Waals surface area contributed by atoms with Gasteiger partial charge in [0.2, 0.25) is 0 Å². The first-order valence-corrected chi connectivity index (χ1v) is 8.59. The van der Waals surface area contributed by atoms with Crippen LogP contribution in [0.15, 0.2) is 53.5 Å². The van der Waals surface area contributed by atoms with Gasteiger partial charge in [0.05, 0.1) is 0 Å². The van der Waals surface area contributed by atoms with Crippen LogP contribution < -0.4 is 14.2 Å². The number of hydrogen-bond acceptors (Lipinski definition) is 4. The lowest BCUT2D eigenvalue weighted by atomic mass is 10.2. The minimum atomic E-state index is -5.00. The highest BCUT2D eigenvalue weighted by atomic mass is 35.6. The Bertz CT molecular complexity index is 839. The van der Waals surface area contributed by atoms with Crippen LogP contribution >= 0.6 is 34.8 Å². The van der Waals surface area contributed by atoms with Gasteiger partial charge >= 0.3 is 18.0 Å². The van der Waals surface area contributed by atoms with Crippen LogP contribution in [0.2, 0.25) is 0 Å². The molecule has 1 aliphatic rings. The molecule has 4 nitrogen and oxygen atoms in total. The molecule has 0 aromatic heterocycles. The first-order chi connectivity index (χ1) is 12.5. The zero-order valence-electron chi connectivity index (χ0n) is 13.6. The lowest BCUT2D eigenvalue weighted by Gasteiger charge is -2.30. The van der Waals surface area contributed by atoms with Gasteiger partial charge in [-0.05, 0) is 31.2 Å². The van der Waals surface area contributed by atoms with Crippen LogP contribution in [-0.4, -0.2) is 21.8 Å². The fraction of sp³-hybridized carbons (Fsp3) is 0.235. The number of halogens is 6. The van der Waals surface area contributed by atoms with Gasteiger partial charge in [0, 0.05) is 0 Å². The van der Waals surface area contributed by atoms with Crippen molar-refractivity contribution < 1.29 is 27.4 Å². The number of aryl methyl sites for hydroxylation is 1. The number of fused-ring (bicyclic) bond motifs is 1. The maximum atomic E-state index is 13.5. The van der Waals surface area contributed by atoms with Gasteiger partial charge in [-0.25, -0.2) is 0 Å². The molecule has 0 unspecified atom stereocenters. The zero-order valence-corrected chi connectivity index (χ0v) is 15.8. The fourth-order valence-electron chi connectivity index (χ4n) is 2.16. The minimum absolute atomic E-state index is 0.0736. The van der Waals surface area contributed by atoms with E-state index in [1.165, 1.54) is 24.3 Å². The van der Waals surface area contributed by atoms with E-state index in [9.17, 15) is 13.2 Å². The van der Waals surface area contributed by atoms with Crippen LogP contribution in [0, 0.1) is 6.92 Å². The second kappa shape index (κ2) is 6.96. The van der Waals surface area contributed by atoms with Gasteiger partial charge in [-0.2, -0.15) is 18.2 Å². The third kappa shape index (κ3) is 4.20. The van der Waals surface area contributed by atoms with Crippen molar-refractivity contribution in [2.45, 2.75) is 22.8 Å². The van der Waals surface area contributed by atoms with Crippen LogP contribution in [0.25, 0.3) is 0 Å². The first kappa shape index (κ1) is 19.9. The third-order valence-electron chi connectivity index (χ3n) is 3.43. The fourth-order valence-corrected chi connectivity index (χ4v) is 2.52. The summed E-state index contributed by atoms with van der Waals surface area (Å²) in [5.74, 6) is -4.26. The third-order valence-corrected chi connectivity index (χ3v) is 4.15. The molecule has 0 bridgehead atoms. The molecule has 2 aromatic rings. The van der Waals surface area contributed by atoms with Gasteiger partial charge in [0.15, 0.2) is 11.5 Å². The zero-order chi connectivity index (χ0) is 19.9. The summed E-state index contributed by atoms with van der Waals surface area (Å²) in [6.45, 7) is 1.78. The molecule has 0 N–H and O–H groups in total. The molecule has 10 heteroatoms. The van der Waals surface area contributed by atoms with Crippen molar-refractivity contribution in [2.75, 3.05) is 0 Å². The molecule has 3 rings (SSSR count). The summed E-state index contributed by atoms with van der Waals surface area (Å²) in [7, 11) is 0. The molecule has 0 atom stereocenters. The van der Waals surface area contributed by atoms with E-state index in [2.05, 4.69) is 4.99 Å². The van der Waals surface area contributed by atoms with E-state index >= 15 is 0 Å². The Kier molecular flexibility index (Phi) is 5.14. The lowest BCUT2D eigenvalue weighted by molar-refractivity contribution is -0.0911. The van der Waals surface area contributed by atoms with Gasteiger partial charge in [0.25, 0.3) is 3.79 Å². The van der Waals surface area contributed by atoms with Crippen molar-refractivity contribution >= 4 is 40.7 Å². The summed E-state index contributed by atoms with van der Waals surface area (Å²) in [5.41, 5.74) is 0.837. The highest BCUT2D eigenvalue weighted by Gasteiger charge is 2.60. The monoisotopic (exact) mass is 439 g/mol. The van der Waals surface area contributed by atoms with Gasteiger partial charge in [-0.1, -0.05) is 64.6 Å². The average molecular weight is 441 g/mol. The molecule has 0 radical (unpaired) electrons. The topological polar surface area (TPSA) is 40.0 Å². The summed E-state index contributed by atoms with van der Waals surface area (Å²) in [4.78, 5) is 3.41. The first-order valence-electron chi connectivity index (χ1n) is 7.45. The van der Waals surface area contributed by atoms with Crippen LogP contribution in [0.1, 0.15) is 5.56 Å². The van der Waals surface area contributed by atoms with Crippen molar-refractivity contribution in [1.29, 1.82) is 0 Å². The highest BCUT2D eigenvalue weighted by molar-refractivity contribution is 6.68. The van der Waals surface area contributed by atoms with Crippen LogP contribution in [-0.2, 0) is 0 Å². The SMILES string of the molecule is Cc1ccc(OC(=NC2(C(Cl)(Cl)Cl)Oc3ccccc3O2)C(F)(F)F)cc1. The predicted octanol–water partition coefficient (Wildman–Crippen LogP) is 5.83. The summed E-state index contributed by atoms with van der Waals surface area (Å²) in [6, 6.07) is 11.9. The Morgan fingerprint density at radius 3 is 1.93 bits per heavy atom. The van der Waals surface area contributed by atoms with Crippen molar-refractivity contribution in [1.82, 2.24) is 0 Å². The molecule has 0 saturated heterocycles.